The molecule has 0 spiro atoms. The summed E-state index contributed by atoms with van der Waals surface area (Å²) in [4.78, 5) is 2.04. The molecule has 2 N–H and O–H groups in total. The van der Waals surface area contributed by atoms with Gasteiger partial charge in [-0.15, -0.1) is 0 Å². The molecule has 0 aliphatic heterocycles. The Labute approximate surface area is 110 Å². The van der Waals surface area contributed by atoms with Gasteiger partial charge in [-0.25, -0.2) is 0 Å². The van der Waals surface area contributed by atoms with Crippen molar-refractivity contribution < 1.29 is 0 Å². The third-order valence-corrected chi connectivity index (χ3v) is 3.35. The van der Waals surface area contributed by atoms with E-state index in [0.717, 1.165) is 22.7 Å². The van der Waals surface area contributed by atoms with E-state index in [9.17, 15) is 0 Å². The van der Waals surface area contributed by atoms with Crippen LogP contribution in [0.5, 0.6) is 0 Å². The van der Waals surface area contributed by atoms with Crippen molar-refractivity contribution in [2.45, 2.75) is 38.6 Å². The minimum atomic E-state index is 0.0604. The normalized spacial score (nSPS) is 12.5. The zero-order valence-corrected chi connectivity index (χ0v) is 11.8. The fourth-order valence-electron chi connectivity index (χ4n) is 1.86. The Balaban J connectivity index is 2.70. The van der Waals surface area contributed by atoms with Gasteiger partial charge in [-0.3, -0.25) is 0 Å². The Kier molecular flexibility index (Phi) is 5.79. The molecule has 1 aromatic carbocycles. The van der Waals surface area contributed by atoms with E-state index in [1.807, 2.05) is 31.1 Å². The lowest BCUT2D eigenvalue weighted by molar-refractivity contribution is 0.581. The van der Waals surface area contributed by atoms with Crippen molar-refractivity contribution in [3.63, 3.8) is 0 Å². The van der Waals surface area contributed by atoms with Crippen LogP contribution in [-0.4, -0.2) is 14.1 Å². The molecule has 96 valence electrons. The van der Waals surface area contributed by atoms with Crippen molar-refractivity contribution in [3.8, 4) is 0 Å². The van der Waals surface area contributed by atoms with E-state index < -0.39 is 0 Å². The maximum Gasteiger partial charge on any atom is 0.0474 e. The number of hydrogen-bond donors (Lipinski definition) is 1. The minimum Gasteiger partial charge on any atom is -0.378 e. The van der Waals surface area contributed by atoms with Gasteiger partial charge in [0.25, 0.3) is 0 Å². The van der Waals surface area contributed by atoms with Crippen LogP contribution < -0.4 is 10.6 Å². The Morgan fingerprint density at radius 3 is 2.53 bits per heavy atom. The van der Waals surface area contributed by atoms with Crippen LogP contribution in [0.4, 0.5) is 5.69 Å². The molecule has 0 saturated heterocycles. The van der Waals surface area contributed by atoms with E-state index in [4.69, 9.17) is 17.3 Å². The second-order valence-corrected chi connectivity index (χ2v) is 5.11. The standard InChI is InChI=1S/C14H23ClN2/c1-4-5-6-7-14(16)12-9-8-11(17(2)3)10-13(12)15/h8-10,14H,4-7,16H2,1-3H3/t14-/m0/s1. The topological polar surface area (TPSA) is 29.3 Å². The summed E-state index contributed by atoms with van der Waals surface area (Å²) in [5, 5.41) is 0.778. The summed E-state index contributed by atoms with van der Waals surface area (Å²) >= 11 is 6.27. The molecule has 0 unspecified atom stereocenters. The number of halogens is 1. The summed E-state index contributed by atoms with van der Waals surface area (Å²) < 4.78 is 0. The first kappa shape index (κ1) is 14.3. The number of nitrogens with two attached hydrogens (primary N) is 1. The third kappa shape index (κ3) is 4.21. The Morgan fingerprint density at radius 2 is 2.00 bits per heavy atom. The highest BCUT2D eigenvalue weighted by molar-refractivity contribution is 6.31. The Morgan fingerprint density at radius 1 is 1.29 bits per heavy atom. The van der Waals surface area contributed by atoms with E-state index in [0.29, 0.717) is 0 Å². The van der Waals surface area contributed by atoms with Gasteiger partial charge in [0, 0.05) is 30.8 Å². The SMILES string of the molecule is CCCCC[C@H](N)c1ccc(N(C)C)cc1Cl. The molecular formula is C14H23ClN2. The number of anilines is 1. The molecule has 3 heteroatoms. The molecule has 0 aliphatic rings. The summed E-state index contributed by atoms with van der Waals surface area (Å²) in [5.41, 5.74) is 8.34. The fourth-order valence-corrected chi connectivity index (χ4v) is 2.18. The zero-order valence-electron chi connectivity index (χ0n) is 11.0. The second-order valence-electron chi connectivity index (χ2n) is 4.70. The minimum absolute atomic E-state index is 0.0604. The van der Waals surface area contributed by atoms with Crippen LogP contribution in [0.15, 0.2) is 18.2 Å². The molecule has 0 amide bonds. The van der Waals surface area contributed by atoms with E-state index in [1.165, 1.54) is 19.3 Å². The summed E-state index contributed by atoms with van der Waals surface area (Å²) in [7, 11) is 4.01. The van der Waals surface area contributed by atoms with Crippen molar-refractivity contribution >= 4 is 17.3 Å². The van der Waals surface area contributed by atoms with Gasteiger partial charge in [0.2, 0.25) is 0 Å². The summed E-state index contributed by atoms with van der Waals surface area (Å²) in [6, 6.07) is 6.16. The van der Waals surface area contributed by atoms with Gasteiger partial charge < -0.3 is 10.6 Å². The van der Waals surface area contributed by atoms with Gasteiger partial charge in [-0.1, -0.05) is 43.9 Å². The van der Waals surface area contributed by atoms with Gasteiger partial charge in [0.1, 0.15) is 0 Å². The highest BCUT2D eigenvalue weighted by atomic mass is 35.5. The predicted octanol–water partition coefficient (Wildman–Crippen LogP) is 3.99. The highest BCUT2D eigenvalue weighted by Gasteiger charge is 2.10. The quantitative estimate of drug-likeness (QED) is 0.778. The molecule has 0 saturated carbocycles. The summed E-state index contributed by atoms with van der Waals surface area (Å²) in [6.07, 6.45) is 4.64. The molecule has 0 radical (unpaired) electrons. The van der Waals surface area contributed by atoms with Gasteiger partial charge in [-0.2, -0.15) is 0 Å². The number of hydrogen-bond acceptors (Lipinski definition) is 2. The molecular weight excluding hydrogens is 232 g/mol. The summed E-state index contributed by atoms with van der Waals surface area (Å²) in [6.45, 7) is 2.20. The van der Waals surface area contributed by atoms with E-state index in [1.54, 1.807) is 0 Å². The first-order valence-electron chi connectivity index (χ1n) is 6.28. The van der Waals surface area contributed by atoms with E-state index >= 15 is 0 Å². The number of nitrogens with zero attached hydrogens (tertiary/aromatic N) is 1. The average Bonchev–Trinajstić information content (AvgIpc) is 2.28. The lowest BCUT2D eigenvalue weighted by Crippen LogP contribution is -2.12. The Bertz CT molecular complexity index is 350. The van der Waals surface area contributed by atoms with Crippen LogP contribution in [0.2, 0.25) is 5.02 Å². The maximum absolute atomic E-state index is 6.27. The number of unbranched alkanes of at least 4 members (excludes halogenated alkanes) is 2. The van der Waals surface area contributed by atoms with Crippen molar-refractivity contribution in [2.24, 2.45) is 5.73 Å². The van der Waals surface area contributed by atoms with Crippen LogP contribution in [-0.2, 0) is 0 Å². The van der Waals surface area contributed by atoms with Crippen molar-refractivity contribution in [2.75, 3.05) is 19.0 Å². The van der Waals surface area contributed by atoms with Crippen molar-refractivity contribution in [1.82, 2.24) is 0 Å². The van der Waals surface area contributed by atoms with Crippen LogP contribution >= 0.6 is 11.6 Å². The number of rotatable bonds is 6. The van der Waals surface area contributed by atoms with Crippen LogP contribution in [0.1, 0.15) is 44.2 Å². The van der Waals surface area contributed by atoms with Crippen molar-refractivity contribution in [1.29, 1.82) is 0 Å². The number of benzene rings is 1. The molecule has 0 aliphatic carbocycles. The zero-order chi connectivity index (χ0) is 12.8. The van der Waals surface area contributed by atoms with Crippen LogP contribution in [0.25, 0.3) is 0 Å². The molecule has 0 fully saturated rings. The average molecular weight is 255 g/mol. The van der Waals surface area contributed by atoms with Gasteiger partial charge in [-0.05, 0) is 24.1 Å². The monoisotopic (exact) mass is 254 g/mol. The molecule has 0 bridgehead atoms. The van der Waals surface area contributed by atoms with Crippen LogP contribution in [0.3, 0.4) is 0 Å². The maximum atomic E-state index is 6.27. The lowest BCUT2D eigenvalue weighted by atomic mass is 10.0. The molecule has 0 heterocycles. The second kappa shape index (κ2) is 6.87. The molecule has 1 rings (SSSR count). The van der Waals surface area contributed by atoms with Crippen LogP contribution in [0, 0.1) is 0 Å². The van der Waals surface area contributed by atoms with Gasteiger partial charge in [0.15, 0.2) is 0 Å². The fraction of sp³-hybridized carbons (Fsp3) is 0.571. The molecule has 1 atom stereocenters. The highest BCUT2D eigenvalue weighted by Crippen LogP contribution is 2.28. The van der Waals surface area contributed by atoms with E-state index in [2.05, 4.69) is 13.0 Å². The van der Waals surface area contributed by atoms with Crippen molar-refractivity contribution in [3.05, 3.63) is 28.8 Å². The first-order valence-corrected chi connectivity index (χ1v) is 6.66. The molecule has 17 heavy (non-hydrogen) atoms. The smallest absolute Gasteiger partial charge is 0.0474 e. The molecule has 0 aromatic heterocycles. The Hall–Kier alpha value is -0.730. The largest absolute Gasteiger partial charge is 0.378 e. The molecule has 1 aromatic rings. The van der Waals surface area contributed by atoms with Gasteiger partial charge in [0.05, 0.1) is 0 Å². The molecule has 2 nitrogen and oxygen atoms in total. The lowest BCUT2D eigenvalue weighted by Gasteiger charge is -2.17. The van der Waals surface area contributed by atoms with E-state index in [-0.39, 0.29) is 6.04 Å². The third-order valence-electron chi connectivity index (χ3n) is 3.02. The summed E-state index contributed by atoms with van der Waals surface area (Å²) in [5.74, 6) is 0. The predicted molar refractivity (Wildman–Crippen MR) is 76.8 cm³/mol. The van der Waals surface area contributed by atoms with Gasteiger partial charge >= 0.3 is 0 Å². The first-order chi connectivity index (χ1) is 8.06.